The van der Waals surface area contributed by atoms with Crippen molar-refractivity contribution in [1.82, 2.24) is 14.5 Å². The van der Waals surface area contributed by atoms with Crippen molar-refractivity contribution in [2.45, 2.75) is 64.6 Å². The topological polar surface area (TPSA) is 57.0 Å². The Morgan fingerprint density at radius 2 is 2.19 bits per heavy atom. The van der Waals surface area contributed by atoms with Gasteiger partial charge in [0.05, 0.1) is 28.3 Å². The van der Waals surface area contributed by atoms with Crippen molar-refractivity contribution in [3.05, 3.63) is 16.0 Å². The van der Waals surface area contributed by atoms with Gasteiger partial charge in [0.25, 0.3) is 0 Å². The lowest BCUT2D eigenvalue weighted by Gasteiger charge is -2.14. The van der Waals surface area contributed by atoms with Gasteiger partial charge in [-0.3, -0.25) is 4.79 Å². The van der Waals surface area contributed by atoms with Crippen LogP contribution in [-0.2, 0) is 16.1 Å². The third-order valence-corrected chi connectivity index (χ3v) is 6.11. The number of aryl methyl sites for hydroxylation is 1. The summed E-state index contributed by atoms with van der Waals surface area (Å²) in [5, 5.41) is 0.714. The number of rotatable bonds is 11. The molecule has 2 rings (SSSR count). The minimum Gasteiger partial charge on any atom is -0.465 e. The van der Waals surface area contributed by atoms with Crippen molar-refractivity contribution >= 4 is 51.4 Å². The van der Waals surface area contributed by atoms with Crippen LogP contribution in [0.2, 0.25) is 0 Å². The van der Waals surface area contributed by atoms with Gasteiger partial charge in [-0.1, -0.05) is 44.9 Å². The highest BCUT2D eigenvalue weighted by molar-refractivity contribution is 14.1. The Kier molecular flexibility index (Phi) is 9.18. The lowest BCUT2D eigenvalue weighted by molar-refractivity contribution is -0.144. The van der Waals surface area contributed by atoms with Gasteiger partial charge in [-0.2, -0.15) is 0 Å². The average Bonchev–Trinajstić information content (AvgIpc) is 2.97. The highest BCUT2D eigenvalue weighted by atomic mass is 127. The number of nitrogens with zero attached hydrogens (tertiary/aromatic N) is 3. The smallest absolute Gasteiger partial charge is 0.306 e. The van der Waals surface area contributed by atoms with E-state index in [0.29, 0.717) is 29.9 Å². The molecule has 0 amide bonds. The number of fused-ring (bicyclic) bond motifs is 1. The number of esters is 1. The number of hydrogen-bond donors (Lipinski definition) is 0. The van der Waals surface area contributed by atoms with Crippen LogP contribution in [0, 0.1) is 9.49 Å². The van der Waals surface area contributed by atoms with Crippen LogP contribution in [-0.4, -0.2) is 32.9 Å². The van der Waals surface area contributed by atoms with Crippen molar-refractivity contribution in [3.8, 4) is 0 Å². The summed E-state index contributed by atoms with van der Waals surface area (Å²) in [6.07, 6.45) is 8.94. The first kappa shape index (κ1) is 21.5. The zero-order valence-electron chi connectivity index (χ0n) is 15.8. The summed E-state index contributed by atoms with van der Waals surface area (Å²) < 4.78 is 8.71. The van der Waals surface area contributed by atoms with Crippen molar-refractivity contribution < 1.29 is 9.53 Å². The number of aromatic nitrogens is 3. The summed E-state index contributed by atoms with van der Waals surface area (Å²) >= 11 is 3.81. The van der Waals surface area contributed by atoms with Gasteiger partial charge in [-0.15, -0.1) is 0 Å². The molecule has 0 aliphatic heterocycles. The molecule has 0 bridgehead atoms. The lowest BCUT2D eigenvalue weighted by Crippen LogP contribution is -2.14. The number of unbranched alkanes of at least 4 members (excludes halogenated alkanes) is 1. The zero-order valence-corrected chi connectivity index (χ0v) is 18.8. The lowest BCUT2D eigenvalue weighted by atomic mass is 10.0. The second kappa shape index (κ2) is 11.1. The minimum atomic E-state index is -0.125. The van der Waals surface area contributed by atoms with E-state index in [2.05, 4.69) is 64.1 Å². The standard InChI is InChI=1S/C19H28IN3O2S/c1-4-7-8-14(5-2)13-25-17(24)9-10-26-19-21-11-16-18(22-19)15(20)12-23(16)6-3/h11-12,14H,4-10,13H2,1-3H3. The molecule has 26 heavy (non-hydrogen) atoms. The molecular weight excluding hydrogens is 461 g/mol. The molecule has 1 atom stereocenters. The Morgan fingerprint density at radius 3 is 2.88 bits per heavy atom. The molecule has 2 aromatic rings. The molecule has 0 saturated heterocycles. The van der Waals surface area contributed by atoms with Crippen molar-refractivity contribution in [1.29, 1.82) is 0 Å². The maximum Gasteiger partial charge on any atom is 0.306 e. The van der Waals surface area contributed by atoms with Crippen LogP contribution >= 0.6 is 34.4 Å². The Labute approximate surface area is 173 Å². The monoisotopic (exact) mass is 489 g/mol. The molecule has 2 heterocycles. The fourth-order valence-corrected chi connectivity index (χ4v) is 4.22. The predicted molar refractivity (Wildman–Crippen MR) is 116 cm³/mol. The summed E-state index contributed by atoms with van der Waals surface area (Å²) in [7, 11) is 0. The van der Waals surface area contributed by atoms with E-state index >= 15 is 0 Å². The summed E-state index contributed by atoms with van der Waals surface area (Å²) in [4.78, 5) is 21.0. The molecule has 5 nitrogen and oxygen atoms in total. The van der Waals surface area contributed by atoms with E-state index in [1.54, 1.807) is 0 Å². The Bertz CT molecular complexity index is 720. The SMILES string of the molecule is CCCCC(CC)COC(=O)CCSc1ncc2c(n1)c(I)cn2CC. The molecule has 7 heteroatoms. The third-order valence-electron chi connectivity index (χ3n) is 4.45. The van der Waals surface area contributed by atoms with Crippen LogP contribution in [0.1, 0.15) is 52.9 Å². The third kappa shape index (κ3) is 6.11. The van der Waals surface area contributed by atoms with Crippen molar-refractivity contribution in [2.24, 2.45) is 5.92 Å². The van der Waals surface area contributed by atoms with Crippen LogP contribution in [0.15, 0.2) is 17.6 Å². The minimum absolute atomic E-state index is 0.125. The van der Waals surface area contributed by atoms with Crippen LogP contribution in [0.3, 0.4) is 0 Å². The van der Waals surface area contributed by atoms with E-state index in [1.807, 2.05) is 6.20 Å². The first-order chi connectivity index (χ1) is 12.6. The second-order valence-corrected chi connectivity index (χ2v) is 8.57. The molecule has 0 saturated carbocycles. The van der Waals surface area contributed by atoms with E-state index in [0.717, 1.165) is 34.0 Å². The number of ether oxygens (including phenoxy) is 1. The normalized spacial score (nSPS) is 12.5. The van der Waals surface area contributed by atoms with Crippen molar-refractivity contribution in [2.75, 3.05) is 12.4 Å². The van der Waals surface area contributed by atoms with Crippen molar-refractivity contribution in [3.63, 3.8) is 0 Å². The first-order valence-corrected chi connectivity index (χ1v) is 11.4. The van der Waals surface area contributed by atoms with Gasteiger partial charge in [-0.25, -0.2) is 9.97 Å². The first-order valence-electron chi connectivity index (χ1n) is 9.38. The molecule has 0 fully saturated rings. The Morgan fingerprint density at radius 1 is 1.38 bits per heavy atom. The van der Waals surface area contributed by atoms with Crippen LogP contribution < -0.4 is 0 Å². The molecule has 0 spiro atoms. The highest BCUT2D eigenvalue weighted by Gasteiger charge is 2.12. The maximum atomic E-state index is 12.0. The van der Waals surface area contributed by atoms with Crippen LogP contribution in [0.25, 0.3) is 11.0 Å². The molecule has 144 valence electrons. The van der Waals surface area contributed by atoms with Crippen LogP contribution in [0.4, 0.5) is 0 Å². The summed E-state index contributed by atoms with van der Waals surface area (Å²) in [6, 6.07) is 0. The molecule has 0 radical (unpaired) electrons. The number of carbonyl (C=O) groups is 1. The second-order valence-electron chi connectivity index (χ2n) is 6.35. The molecule has 2 aromatic heterocycles. The quantitative estimate of drug-likeness (QED) is 0.186. The fraction of sp³-hybridized carbons (Fsp3) is 0.632. The number of thioether (sulfide) groups is 1. The molecule has 0 aliphatic carbocycles. The van der Waals surface area contributed by atoms with Gasteiger partial charge in [0, 0.05) is 18.5 Å². The summed E-state index contributed by atoms with van der Waals surface area (Å²) in [6.45, 7) is 7.90. The fourth-order valence-electron chi connectivity index (χ4n) is 2.75. The Balaban J connectivity index is 1.79. The molecule has 1 unspecified atom stereocenters. The highest BCUT2D eigenvalue weighted by Crippen LogP contribution is 2.24. The number of carbonyl (C=O) groups excluding carboxylic acids is 1. The summed E-state index contributed by atoms with van der Waals surface area (Å²) in [5.41, 5.74) is 2.03. The zero-order chi connectivity index (χ0) is 18.9. The predicted octanol–water partition coefficient (Wildman–Crippen LogP) is 5.30. The van der Waals surface area contributed by atoms with Gasteiger partial charge in [0.2, 0.25) is 0 Å². The van der Waals surface area contributed by atoms with Gasteiger partial charge in [0.15, 0.2) is 5.16 Å². The Hall–Kier alpha value is -0.830. The average molecular weight is 489 g/mol. The number of hydrogen-bond acceptors (Lipinski definition) is 5. The van der Waals surface area contributed by atoms with E-state index in [-0.39, 0.29) is 5.97 Å². The largest absolute Gasteiger partial charge is 0.465 e. The molecule has 0 N–H and O–H groups in total. The van der Waals surface area contributed by atoms with Gasteiger partial charge in [-0.05, 0) is 41.9 Å². The van der Waals surface area contributed by atoms with Gasteiger partial charge < -0.3 is 9.30 Å². The molecule has 0 aromatic carbocycles. The number of halogens is 1. The molecule has 0 aliphatic rings. The van der Waals surface area contributed by atoms with Gasteiger partial charge >= 0.3 is 5.97 Å². The van der Waals surface area contributed by atoms with E-state index in [9.17, 15) is 4.79 Å². The summed E-state index contributed by atoms with van der Waals surface area (Å²) in [5.74, 6) is 1.00. The van der Waals surface area contributed by atoms with E-state index in [1.165, 1.54) is 24.6 Å². The maximum absolute atomic E-state index is 12.0. The van der Waals surface area contributed by atoms with Crippen LogP contribution in [0.5, 0.6) is 0 Å². The van der Waals surface area contributed by atoms with Gasteiger partial charge in [0.1, 0.15) is 5.52 Å². The van der Waals surface area contributed by atoms with E-state index in [4.69, 9.17) is 4.74 Å². The van der Waals surface area contributed by atoms with E-state index < -0.39 is 0 Å². The molecular formula is C19H28IN3O2S.